The molecule has 0 saturated heterocycles. The molecule has 5 rings (SSSR count). The monoisotopic (exact) mass is 474 g/mol. The number of aliphatic hydroxyl groups is 2. The fourth-order valence-corrected chi connectivity index (χ4v) is 8.01. The number of rotatable bonds is 4. The van der Waals surface area contributed by atoms with E-state index in [1.165, 1.54) is 0 Å². The molecule has 0 spiro atoms. The van der Waals surface area contributed by atoms with Crippen LogP contribution >= 0.6 is 0 Å². The van der Waals surface area contributed by atoms with Crippen molar-refractivity contribution in [1.29, 1.82) is 0 Å². The standard InChI is InChI=1S/C27H32F2O5/c1-25-9-7-17(30)11-15(25)3-5-18-19-8-10-27(33,26(19,2)13-21(31)24(18)25)23(32)14-34-22-6-4-16(28)12-20(22)29/h4,6,11-12,18-19,21,24,31,33H,3,5,7-10,13-14H2,1-2H3/t18?,19?,21-,24?,25?,26?,27-/m0/s1. The highest BCUT2D eigenvalue weighted by atomic mass is 19.1. The van der Waals surface area contributed by atoms with Gasteiger partial charge in [0.1, 0.15) is 18.0 Å². The maximum atomic E-state index is 14.0. The third-order valence-electron chi connectivity index (χ3n) is 9.76. The van der Waals surface area contributed by atoms with Crippen molar-refractivity contribution in [2.24, 2.45) is 28.6 Å². The highest BCUT2D eigenvalue weighted by Crippen LogP contribution is 2.67. The molecule has 3 fully saturated rings. The third kappa shape index (κ3) is 3.30. The van der Waals surface area contributed by atoms with Gasteiger partial charge in [-0.3, -0.25) is 9.59 Å². The second-order valence-electron chi connectivity index (χ2n) is 11.3. The minimum absolute atomic E-state index is 0.0133. The number of carbonyl (C=O) groups excluding carboxylic acids is 2. The minimum atomic E-state index is -1.69. The first kappa shape index (κ1) is 23.6. The highest BCUT2D eigenvalue weighted by Gasteiger charge is 2.68. The lowest BCUT2D eigenvalue weighted by Gasteiger charge is -2.60. The van der Waals surface area contributed by atoms with E-state index in [1.54, 1.807) is 6.08 Å². The van der Waals surface area contributed by atoms with Crippen molar-refractivity contribution < 1.29 is 33.3 Å². The minimum Gasteiger partial charge on any atom is -0.483 e. The molecule has 184 valence electrons. The molecule has 5 unspecified atom stereocenters. The van der Waals surface area contributed by atoms with Crippen molar-refractivity contribution in [3.05, 3.63) is 41.5 Å². The van der Waals surface area contributed by atoms with Crippen LogP contribution in [0.25, 0.3) is 0 Å². The van der Waals surface area contributed by atoms with Crippen molar-refractivity contribution in [3.8, 4) is 5.75 Å². The molecule has 3 saturated carbocycles. The zero-order chi connectivity index (χ0) is 24.5. The van der Waals surface area contributed by atoms with Crippen molar-refractivity contribution in [2.75, 3.05) is 6.61 Å². The largest absolute Gasteiger partial charge is 0.483 e. The lowest BCUT2D eigenvalue weighted by molar-refractivity contribution is -0.181. The van der Waals surface area contributed by atoms with Gasteiger partial charge in [-0.15, -0.1) is 0 Å². The number of Topliss-reactive ketones (excluding diaryl/α,β-unsaturated/α-hetero) is 1. The van der Waals surface area contributed by atoms with Crippen molar-refractivity contribution in [3.63, 3.8) is 0 Å². The molecule has 0 amide bonds. The topological polar surface area (TPSA) is 83.8 Å². The van der Waals surface area contributed by atoms with Gasteiger partial charge >= 0.3 is 0 Å². The van der Waals surface area contributed by atoms with Crippen molar-refractivity contribution in [2.45, 2.75) is 70.5 Å². The van der Waals surface area contributed by atoms with Gasteiger partial charge in [0.2, 0.25) is 5.78 Å². The summed E-state index contributed by atoms with van der Waals surface area (Å²) in [5.41, 5.74) is -1.64. The van der Waals surface area contributed by atoms with Crippen LogP contribution in [-0.2, 0) is 9.59 Å². The molecule has 4 aliphatic rings. The predicted octanol–water partition coefficient (Wildman–Crippen LogP) is 4.15. The molecule has 0 radical (unpaired) electrons. The van der Waals surface area contributed by atoms with Crippen molar-refractivity contribution >= 4 is 11.6 Å². The zero-order valence-electron chi connectivity index (χ0n) is 19.7. The number of ketones is 2. The maximum Gasteiger partial charge on any atom is 0.202 e. The summed E-state index contributed by atoms with van der Waals surface area (Å²) < 4.78 is 32.5. The quantitative estimate of drug-likeness (QED) is 0.685. The number of benzene rings is 1. The van der Waals surface area contributed by atoms with Crippen LogP contribution in [0.3, 0.4) is 0 Å². The number of ether oxygens (including phenoxy) is 1. The van der Waals surface area contributed by atoms with E-state index in [1.807, 2.05) is 6.92 Å². The Bertz CT molecular complexity index is 1070. The SMILES string of the molecule is CC12CCC(=O)C=C1CCC1C2[C@@H](O)CC2(C)C1CC[C@]2(O)C(=O)COc1ccc(F)cc1F. The molecule has 0 heterocycles. The summed E-state index contributed by atoms with van der Waals surface area (Å²) in [6.45, 7) is 3.52. The Labute approximate surface area is 198 Å². The number of halogens is 2. The van der Waals surface area contributed by atoms with Crippen LogP contribution in [0.5, 0.6) is 5.75 Å². The first-order valence-electron chi connectivity index (χ1n) is 12.2. The van der Waals surface area contributed by atoms with Crippen LogP contribution in [0.2, 0.25) is 0 Å². The average molecular weight is 475 g/mol. The number of aliphatic hydroxyl groups excluding tert-OH is 1. The Kier molecular flexibility index (Phi) is 5.52. The molecule has 1 aromatic rings. The molecule has 7 heteroatoms. The molecular weight excluding hydrogens is 442 g/mol. The van der Waals surface area contributed by atoms with Gasteiger partial charge in [-0.05, 0) is 79.9 Å². The summed E-state index contributed by atoms with van der Waals surface area (Å²) in [6.07, 6.45) is 5.09. The van der Waals surface area contributed by atoms with E-state index >= 15 is 0 Å². The Morgan fingerprint density at radius 2 is 1.94 bits per heavy atom. The molecule has 0 aliphatic heterocycles. The molecule has 1 aromatic carbocycles. The van der Waals surface area contributed by atoms with E-state index in [2.05, 4.69) is 6.92 Å². The second kappa shape index (κ2) is 7.95. The van der Waals surface area contributed by atoms with Gasteiger partial charge in [0.25, 0.3) is 0 Å². The van der Waals surface area contributed by atoms with Gasteiger partial charge in [-0.1, -0.05) is 19.4 Å². The fourth-order valence-electron chi connectivity index (χ4n) is 8.01. The Hall–Kier alpha value is -2.12. The molecule has 0 bridgehead atoms. The molecular formula is C27H32F2O5. The lowest BCUT2D eigenvalue weighted by atomic mass is 9.45. The number of hydrogen-bond donors (Lipinski definition) is 2. The molecule has 34 heavy (non-hydrogen) atoms. The number of carbonyl (C=O) groups is 2. The van der Waals surface area contributed by atoms with Crippen LogP contribution in [0.15, 0.2) is 29.8 Å². The predicted molar refractivity (Wildman–Crippen MR) is 120 cm³/mol. The van der Waals surface area contributed by atoms with Crippen LogP contribution in [-0.4, -0.2) is 40.1 Å². The zero-order valence-corrected chi connectivity index (χ0v) is 19.7. The second-order valence-corrected chi connectivity index (χ2v) is 11.3. The molecule has 5 nitrogen and oxygen atoms in total. The van der Waals surface area contributed by atoms with Gasteiger partial charge in [-0.25, -0.2) is 8.78 Å². The Morgan fingerprint density at radius 1 is 1.18 bits per heavy atom. The number of fused-ring (bicyclic) bond motifs is 5. The number of allylic oxidation sites excluding steroid dienone is 1. The number of hydrogen-bond acceptors (Lipinski definition) is 5. The van der Waals surface area contributed by atoms with E-state index in [-0.39, 0.29) is 47.5 Å². The van der Waals surface area contributed by atoms with Crippen LogP contribution < -0.4 is 4.74 Å². The highest BCUT2D eigenvalue weighted by molar-refractivity contribution is 5.92. The summed E-state index contributed by atoms with van der Waals surface area (Å²) in [6, 6.07) is 2.86. The third-order valence-corrected chi connectivity index (χ3v) is 9.76. The van der Waals surface area contributed by atoms with Crippen LogP contribution in [0.1, 0.15) is 58.8 Å². The summed E-state index contributed by atoms with van der Waals surface area (Å²) in [7, 11) is 0. The van der Waals surface area contributed by atoms with Gasteiger partial charge in [0.15, 0.2) is 17.3 Å². The van der Waals surface area contributed by atoms with Crippen molar-refractivity contribution in [1.82, 2.24) is 0 Å². The van der Waals surface area contributed by atoms with E-state index < -0.39 is 41.1 Å². The van der Waals surface area contributed by atoms with E-state index in [9.17, 15) is 28.6 Å². The van der Waals surface area contributed by atoms with Gasteiger partial charge < -0.3 is 14.9 Å². The van der Waals surface area contributed by atoms with Gasteiger partial charge in [-0.2, -0.15) is 0 Å². The first-order valence-corrected chi connectivity index (χ1v) is 12.2. The van der Waals surface area contributed by atoms with E-state index in [4.69, 9.17) is 4.74 Å². The molecule has 7 atom stereocenters. The maximum absolute atomic E-state index is 14.0. The van der Waals surface area contributed by atoms with E-state index in [0.717, 1.165) is 37.0 Å². The molecule has 0 aromatic heterocycles. The van der Waals surface area contributed by atoms with E-state index in [0.29, 0.717) is 18.9 Å². The van der Waals surface area contributed by atoms with Gasteiger partial charge in [0.05, 0.1) is 6.10 Å². The summed E-state index contributed by atoms with van der Waals surface area (Å²) in [4.78, 5) is 25.3. The van der Waals surface area contributed by atoms with Gasteiger partial charge in [0, 0.05) is 17.9 Å². The molecule has 2 N–H and O–H groups in total. The Morgan fingerprint density at radius 3 is 2.68 bits per heavy atom. The molecule has 4 aliphatic carbocycles. The van der Waals surface area contributed by atoms with Crippen LogP contribution in [0, 0.1) is 40.2 Å². The fraction of sp³-hybridized carbons (Fsp3) is 0.630. The Balaban J connectivity index is 1.39. The van der Waals surface area contributed by atoms with Crippen LogP contribution in [0.4, 0.5) is 8.78 Å². The normalized spacial score (nSPS) is 41.2. The lowest BCUT2D eigenvalue weighted by Crippen LogP contribution is -2.62. The summed E-state index contributed by atoms with van der Waals surface area (Å²) in [5.74, 6) is -2.11. The summed E-state index contributed by atoms with van der Waals surface area (Å²) >= 11 is 0. The summed E-state index contributed by atoms with van der Waals surface area (Å²) in [5, 5.41) is 23.1. The first-order chi connectivity index (χ1) is 16.0. The smallest absolute Gasteiger partial charge is 0.202 e. The average Bonchev–Trinajstić information content (AvgIpc) is 3.04.